The number of carbonyl (C=O) groups excluding carboxylic acids is 1. The van der Waals surface area contributed by atoms with Crippen molar-refractivity contribution in [3.05, 3.63) is 0 Å². The number of aliphatic hydroxyl groups excluding tert-OH is 1. The Bertz CT molecular complexity index is 254. The second kappa shape index (κ2) is 5.96. The average molecular weight is 244 g/mol. The average Bonchev–Trinajstić information content (AvgIpc) is 2.13. The molecule has 0 saturated heterocycles. The molecule has 0 fully saturated rings. The largest absolute Gasteiger partial charge is 0.393 e. The third-order valence-electron chi connectivity index (χ3n) is 2.79. The first-order valence-corrected chi connectivity index (χ1v) is 6.35. The summed E-state index contributed by atoms with van der Waals surface area (Å²) in [5.41, 5.74) is -0.972. The first-order chi connectivity index (χ1) is 7.51. The van der Waals surface area contributed by atoms with Gasteiger partial charge < -0.3 is 9.84 Å². The smallest absolute Gasteiger partial charge is 0.138 e. The van der Waals surface area contributed by atoms with E-state index in [1.54, 1.807) is 0 Å². The number of rotatable bonds is 7. The van der Waals surface area contributed by atoms with Crippen LogP contribution in [0.2, 0.25) is 0 Å². The molecule has 3 heteroatoms. The van der Waals surface area contributed by atoms with Crippen molar-refractivity contribution >= 4 is 5.78 Å². The van der Waals surface area contributed by atoms with Gasteiger partial charge in [0.1, 0.15) is 5.78 Å². The van der Waals surface area contributed by atoms with Crippen molar-refractivity contribution in [1.29, 1.82) is 0 Å². The molecule has 0 aliphatic carbocycles. The Kier molecular flexibility index (Phi) is 5.82. The van der Waals surface area contributed by atoms with E-state index in [2.05, 4.69) is 0 Å². The Morgan fingerprint density at radius 3 is 1.94 bits per heavy atom. The minimum absolute atomic E-state index is 0.0144. The maximum absolute atomic E-state index is 11.9. The number of carbonyl (C=O) groups is 1. The van der Waals surface area contributed by atoms with Crippen molar-refractivity contribution in [1.82, 2.24) is 0 Å². The van der Waals surface area contributed by atoms with Gasteiger partial charge in [-0.05, 0) is 34.1 Å². The molecule has 0 bridgehead atoms. The quantitative estimate of drug-likeness (QED) is 0.749. The Balaban J connectivity index is 4.49. The molecule has 1 unspecified atom stereocenters. The number of aliphatic hydroxyl groups is 1. The fourth-order valence-corrected chi connectivity index (χ4v) is 2.23. The number of hydrogen-bond acceptors (Lipinski definition) is 3. The predicted octanol–water partition coefficient (Wildman–Crippen LogP) is 2.80. The van der Waals surface area contributed by atoms with Crippen LogP contribution < -0.4 is 0 Å². The van der Waals surface area contributed by atoms with Crippen LogP contribution in [0.25, 0.3) is 0 Å². The van der Waals surface area contributed by atoms with Gasteiger partial charge in [-0.3, -0.25) is 4.79 Å². The normalized spacial score (nSPS) is 15.1. The van der Waals surface area contributed by atoms with Crippen LogP contribution in [0, 0.1) is 11.8 Å². The van der Waals surface area contributed by atoms with Crippen LogP contribution in [0.3, 0.4) is 0 Å². The van der Waals surface area contributed by atoms with E-state index >= 15 is 0 Å². The third-order valence-corrected chi connectivity index (χ3v) is 2.79. The molecule has 0 aliphatic heterocycles. The lowest BCUT2D eigenvalue weighted by molar-refractivity contribution is -0.153. The molecule has 0 aromatic carbocycles. The van der Waals surface area contributed by atoms with E-state index in [1.807, 2.05) is 48.5 Å². The number of Topliss-reactive ketones (excluding diaryl/α,β-unsaturated/α-hetero) is 1. The number of hydrogen-bond donors (Lipinski definition) is 1. The SMILES string of the molecule is CC(C)C(=O)C(C)CC(C)(C)OC(C)(C)CO. The fourth-order valence-electron chi connectivity index (χ4n) is 2.23. The van der Waals surface area contributed by atoms with Crippen LogP contribution in [0.4, 0.5) is 0 Å². The summed E-state index contributed by atoms with van der Waals surface area (Å²) in [7, 11) is 0. The molecule has 0 amide bonds. The molecule has 1 atom stereocenters. The van der Waals surface area contributed by atoms with E-state index in [9.17, 15) is 9.90 Å². The van der Waals surface area contributed by atoms with Crippen LogP contribution >= 0.6 is 0 Å². The molecule has 1 N–H and O–H groups in total. The highest BCUT2D eigenvalue weighted by Crippen LogP contribution is 2.27. The second-order valence-corrected chi connectivity index (χ2v) is 6.44. The Labute approximate surface area is 106 Å². The van der Waals surface area contributed by atoms with Gasteiger partial charge in [-0.25, -0.2) is 0 Å². The van der Waals surface area contributed by atoms with E-state index in [4.69, 9.17) is 4.74 Å². The lowest BCUT2D eigenvalue weighted by atomic mass is 9.87. The van der Waals surface area contributed by atoms with Crippen molar-refractivity contribution in [2.45, 2.75) is 66.1 Å². The second-order valence-electron chi connectivity index (χ2n) is 6.44. The highest BCUT2D eigenvalue weighted by molar-refractivity contribution is 5.82. The first-order valence-electron chi connectivity index (χ1n) is 6.35. The van der Waals surface area contributed by atoms with Gasteiger partial charge in [-0.2, -0.15) is 0 Å². The molecule has 0 aromatic rings. The lowest BCUT2D eigenvalue weighted by Gasteiger charge is -2.36. The standard InChI is InChI=1S/C14H28O3/c1-10(2)12(16)11(3)8-13(4,5)17-14(6,7)9-15/h10-11,15H,8-9H2,1-7H3. The van der Waals surface area contributed by atoms with Crippen molar-refractivity contribution in [3.8, 4) is 0 Å². The van der Waals surface area contributed by atoms with Crippen molar-refractivity contribution in [3.63, 3.8) is 0 Å². The molecular formula is C14H28O3. The Hall–Kier alpha value is -0.410. The maximum atomic E-state index is 11.9. The van der Waals surface area contributed by atoms with E-state index in [0.717, 1.165) is 0 Å². The summed E-state index contributed by atoms with van der Waals surface area (Å²) in [6.07, 6.45) is 0.674. The van der Waals surface area contributed by atoms with Crippen LogP contribution in [0.5, 0.6) is 0 Å². The molecule has 0 saturated carbocycles. The zero-order valence-corrected chi connectivity index (χ0v) is 12.3. The zero-order chi connectivity index (χ0) is 13.9. The molecule has 3 nitrogen and oxygen atoms in total. The molecule has 0 radical (unpaired) electrons. The highest BCUT2D eigenvalue weighted by atomic mass is 16.5. The maximum Gasteiger partial charge on any atom is 0.138 e. The van der Waals surface area contributed by atoms with Crippen LogP contribution in [0.1, 0.15) is 54.9 Å². The predicted molar refractivity (Wildman–Crippen MR) is 70.0 cm³/mol. The van der Waals surface area contributed by atoms with Crippen LogP contribution in [-0.2, 0) is 9.53 Å². The Morgan fingerprint density at radius 2 is 1.59 bits per heavy atom. The van der Waals surface area contributed by atoms with Gasteiger partial charge in [0.15, 0.2) is 0 Å². The van der Waals surface area contributed by atoms with Crippen molar-refractivity contribution < 1.29 is 14.6 Å². The lowest BCUT2D eigenvalue weighted by Crippen LogP contribution is -2.41. The van der Waals surface area contributed by atoms with Gasteiger partial charge in [-0.15, -0.1) is 0 Å². The molecule has 0 aliphatic rings. The minimum Gasteiger partial charge on any atom is -0.393 e. The van der Waals surface area contributed by atoms with Gasteiger partial charge in [0.25, 0.3) is 0 Å². The highest BCUT2D eigenvalue weighted by Gasteiger charge is 2.32. The summed E-state index contributed by atoms with van der Waals surface area (Å²) in [6, 6.07) is 0. The fraction of sp³-hybridized carbons (Fsp3) is 0.929. The summed E-state index contributed by atoms with van der Waals surface area (Å²) in [4.78, 5) is 11.9. The summed E-state index contributed by atoms with van der Waals surface area (Å²) in [5.74, 6) is 0.314. The van der Waals surface area contributed by atoms with E-state index < -0.39 is 11.2 Å². The van der Waals surface area contributed by atoms with Gasteiger partial charge in [-0.1, -0.05) is 20.8 Å². The molecule has 0 rings (SSSR count). The Morgan fingerprint density at radius 1 is 1.12 bits per heavy atom. The molecule has 0 heterocycles. The summed E-state index contributed by atoms with van der Waals surface area (Å²) in [6.45, 7) is 13.4. The van der Waals surface area contributed by atoms with Crippen LogP contribution in [-0.4, -0.2) is 28.7 Å². The molecule has 17 heavy (non-hydrogen) atoms. The first kappa shape index (κ1) is 16.6. The topological polar surface area (TPSA) is 46.5 Å². The molecule has 0 aromatic heterocycles. The zero-order valence-electron chi connectivity index (χ0n) is 12.3. The van der Waals surface area contributed by atoms with Gasteiger partial charge >= 0.3 is 0 Å². The summed E-state index contributed by atoms with van der Waals surface area (Å²) in [5, 5.41) is 9.20. The molecule has 102 valence electrons. The van der Waals surface area contributed by atoms with Gasteiger partial charge in [0.2, 0.25) is 0 Å². The number of ether oxygens (including phenoxy) is 1. The van der Waals surface area contributed by atoms with Crippen molar-refractivity contribution in [2.24, 2.45) is 11.8 Å². The van der Waals surface area contributed by atoms with Crippen LogP contribution in [0.15, 0.2) is 0 Å². The van der Waals surface area contributed by atoms with E-state index in [1.165, 1.54) is 0 Å². The minimum atomic E-state index is -0.565. The van der Waals surface area contributed by atoms with E-state index in [-0.39, 0.29) is 24.2 Å². The molecule has 0 spiro atoms. The third kappa shape index (κ3) is 6.18. The molecular weight excluding hydrogens is 216 g/mol. The monoisotopic (exact) mass is 244 g/mol. The summed E-state index contributed by atoms with van der Waals surface area (Å²) >= 11 is 0. The van der Waals surface area contributed by atoms with Gasteiger partial charge in [0, 0.05) is 11.8 Å². The summed E-state index contributed by atoms with van der Waals surface area (Å²) < 4.78 is 5.87. The van der Waals surface area contributed by atoms with Gasteiger partial charge in [0.05, 0.1) is 17.8 Å². The number of ketones is 1. The van der Waals surface area contributed by atoms with E-state index in [0.29, 0.717) is 6.42 Å². The van der Waals surface area contributed by atoms with Crippen molar-refractivity contribution in [2.75, 3.05) is 6.61 Å².